The van der Waals surface area contributed by atoms with E-state index >= 15 is 0 Å². The van der Waals surface area contributed by atoms with Crippen molar-refractivity contribution < 1.29 is 4.79 Å². The first kappa shape index (κ1) is 19.3. The lowest BCUT2D eigenvalue weighted by atomic mass is 9.96. The van der Waals surface area contributed by atoms with Crippen LogP contribution in [-0.4, -0.2) is 39.1 Å². The molecule has 0 bridgehead atoms. The van der Waals surface area contributed by atoms with Crippen LogP contribution in [0.2, 0.25) is 0 Å². The Morgan fingerprint density at radius 3 is 2.69 bits per heavy atom. The highest BCUT2D eigenvalue weighted by Gasteiger charge is 2.25. The maximum absolute atomic E-state index is 12.8. The predicted molar refractivity (Wildman–Crippen MR) is 113 cm³/mol. The number of carbonyl (C=O) groups excluding carboxylic acids is 1. The average Bonchev–Trinajstić information content (AvgIpc) is 3.24. The largest absolute Gasteiger partial charge is 0.326 e. The van der Waals surface area contributed by atoms with Gasteiger partial charge in [-0.15, -0.1) is 0 Å². The topological polar surface area (TPSA) is 99.9 Å². The lowest BCUT2D eigenvalue weighted by Crippen LogP contribution is -2.40. The summed E-state index contributed by atoms with van der Waals surface area (Å²) in [6.45, 7) is 3.04. The highest BCUT2D eigenvalue weighted by Crippen LogP contribution is 2.22. The number of aromatic amines is 1. The molecule has 0 radical (unpaired) electrons. The van der Waals surface area contributed by atoms with Gasteiger partial charge < -0.3 is 11.1 Å². The molecule has 1 aromatic heterocycles. The second kappa shape index (κ2) is 8.98. The summed E-state index contributed by atoms with van der Waals surface area (Å²) in [5, 5.41) is 10.0. The molecule has 1 unspecified atom stereocenters. The third-order valence-corrected chi connectivity index (χ3v) is 5.26. The van der Waals surface area contributed by atoms with Crippen molar-refractivity contribution in [3.63, 3.8) is 0 Å². The Bertz CT molecular complexity index is 937. The van der Waals surface area contributed by atoms with E-state index in [4.69, 9.17) is 5.73 Å². The Morgan fingerprint density at radius 2 is 1.97 bits per heavy atom. The Kier molecular flexibility index (Phi) is 5.97. The molecule has 3 aromatic rings. The van der Waals surface area contributed by atoms with Gasteiger partial charge in [-0.1, -0.05) is 30.3 Å². The van der Waals surface area contributed by atoms with Gasteiger partial charge in [-0.3, -0.25) is 14.8 Å². The second-order valence-corrected chi connectivity index (χ2v) is 7.44. The summed E-state index contributed by atoms with van der Waals surface area (Å²) in [6, 6.07) is 18.0. The fourth-order valence-corrected chi connectivity index (χ4v) is 3.72. The van der Waals surface area contributed by atoms with Gasteiger partial charge in [0.15, 0.2) is 5.82 Å². The molecule has 1 saturated heterocycles. The van der Waals surface area contributed by atoms with Crippen molar-refractivity contribution in [2.24, 2.45) is 11.7 Å². The highest BCUT2D eigenvalue weighted by molar-refractivity contribution is 5.93. The Morgan fingerprint density at radius 1 is 1.17 bits per heavy atom. The molecule has 29 heavy (non-hydrogen) atoms. The molecule has 1 amide bonds. The van der Waals surface area contributed by atoms with Gasteiger partial charge in [0.05, 0.1) is 12.5 Å². The molecule has 1 fully saturated rings. The van der Waals surface area contributed by atoms with Crippen LogP contribution in [0.25, 0.3) is 11.4 Å². The molecule has 0 saturated carbocycles. The van der Waals surface area contributed by atoms with E-state index in [1.54, 1.807) is 0 Å². The first-order valence-corrected chi connectivity index (χ1v) is 10.00. The molecule has 1 aliphatic heterocycles. The van der Waals surface area contributed by atoms with Gasteiger partial charge in [-0.2, -0.15) is 5.10 Å². The lowest BCUT2D eigenvalue weighted by Gasteiger charge is -2.32. The number of benzene rings is 2. The van der Waals surface area contributed by atoms with Crippen LogP contribution in [0.5, 0.6) is 0 Å². The van der Waals surface area contributed by atoms with E-state index in [0.717, 1.165) is 43.7 Å². The van der Waals surface area contributed by atoms with Crippen LogP contribution in [0.3, 0.4) is 0 Å². The maximum Gasteiger partial charge on any atom is 0.228 e. The van der Waals surface area contributed by atoms with Crippen LogP contribution in [0.1, 0.15) is 24.2 Å². The molecule has 1 aliphatic rings. The normalized spacial score (nSPS) is 17.2. The fourth-order valence-electron chi connectivity index (χ4n) is 3.72. The van der Waals surface area contributed by atoms with Crippen LogP contribution in [0.15, 0.2) is 54.6 Å². The third-order valence-electron chi connectivity index (χ3n) is 5.26. The number of likely N-dealkylation sites (tertiary alicyclic amines) is 1. The van der Waals surface area contributed by atoms with Crippen molar-refractivity contribution in [3.05, 3.63) is 66.0 Å². The Labute approximate surface area is 170 Å². The molecule has 0 aliphatic carbocycles. The van der Waals surface area contributed by atoms with Crippen molar-refractivity contribution in [2.45, 2.75) is 25.9 Å². The number of nitrogens with one attached hydrogen (secondary N) is 2. The molecular weight excluding hydrogens is 364 g/mol. The summed E-state index contributed by atoms with van der Waals surface area (Å²) >= 11 is 0. The number of aromatic nitrogens is 3. The molecule has 7 nitrogen and oxygen atoms in total. The second-order valence-electron chi connectivity index (χ2n) is 7.44. The summed E-state index contributed by atoms with van der Waals surface area (Å²) in [4.78, 5) is 19.5. The fraction of sp³-hybridized carbons (Fsp3) is 0.318. The van der Waals surface area contributed by atoms with E-state index in [1.165, 1.54) is 5.56 Å². The average molecular weight is 390 g/mol. The van der Waals surface area contributed by atoms with E-state index in [1.807, 2.05) is 30.3 Å². The van der Waals surface area contributed by atoms with Gasteiger partial charge in [0, 0.05) is 24.3 Å². The lowest BCUT2D eigenvalue weighted by molar-refractivity contribution is -0.121. The van der Waals surface area contributed by atoms with E-state index in [9.17, 15) is 4.79 Å². The molecule has 0 spiro atoms. The molecule has 2 aromatic carbocycles. The summed E-state index contributed by atoms with van der Waals surface area (Å²) < 4.78 is 0. The first-order chi connectivity index (χ1) is 14.2. The number of H-pyrrole nitrogens is 1. The van der Waals surface area contributed by atoms with Crippen LogP contribution < -0.4 is 11.1 Å². The molecule has 1 atom stereocenters. The standard InChI is InChI=1S/C22H26N6O/c23-13-20-25-21(27-26-20)17-8-10-19(11-9-17)24-22(29)18-7-4-12-28(15-18)14-16-5-2-1-3-6-16/h1-3,5-6,8-11,18H,4,7,12-15,23H2,(H,24,29)(H,25,26,27). The number of hydrogen-bond donors (Lipinski definition) is 3. The minimum atomic E-state index is 0.00672. The minimum Gasteiger partial charge on any atom is -0.326 e. The monoisotopic (exact) mass is 390 g/mol. The molecule has 4 N–H and O–H groups in total. The van der Waals surface area contributed by atoms with E-state index in [-0.39, 0.29) is 11.8 Å². The van der Waals surface area contributed by atoms with Gasteiger partial charge in [-0.25, -0.2) is 4.98 Å². The van der Waals surface area contributed by atoms with Crippen molar-refractivity contribution in [1.82, 2.24) is 20.1 Å². The van der Waals surface area contributed by atoms with E-state index in [0.29, 0.717) is 18.2 Å². The molecule has 7 heteroatoms. The van der Waals surface area contributed by atoms with Crippen LogP contribution >= 0.6 is 0 Å². The smallest absolute Gasteiger partial charge is 0.228 e. The zero-order valence-corrected chi connectivity index (χ0v) is 16.3. The maximum atomic E-state index is 12.8. The summed E-state index contributed by atoms with van der Waals surface area (Å²) in [7, 11) is 0. The van der Waals surface area contributed by atoms with Crippen LogP contribution in [0.4, 0.5) is 5.69 Å². The zero-order valence-electron chi connectivity index (χ0n) is 16.3. The number of rotatable bonds is 6. The Hall–Kier alpha value is -3.03. The van der Waals surface area contributed by atoms with Crippen molar-refractivity contribution in [1.29, 1.82) is 0 Å². The zero-order chi connectivity index (χ0) is 20.1. The van der Waals surface area contributed by atoms with Gasteiger partial charge in [0.1, 0.15) is 5.82 Å². The van der Waals surface area contributed by atoms with Crippen LogP contribution in [-0.2, 0) is 17.9 Å². The predicted octanol–water partition coefficient (Wildman–Crippen LogP) is 2.78. The van der Waals surface area contributed by atoms with Gasteiger partial charge in [0.25, 0.3) is 0 Å². The quantitative estimate of drug-likeness (QED) is 0.601. The molecule has 2 heterocycles. The third kappa shape index (κ3) is 4.88. The SMILES string of the molecule is NCc1nc(-c2ccc(NC(=O)C3CCCN(Cc4ccccc4)C3)cc2)n[nH]1. The summed E-state index contributed by atoms with van der Waals surface area (Å²) in [5.74, 6) is 1.34. The van der Waals surface area contributed by atoms with Gasteiger partial charge in [0.2, 0.25) is 5.91 Å². The number of carbonyl (C=O) groups is 1. The minimum absolute atomic E-state index is 0.00672. The summed E-state index contributed by atoms with van der Waals surface area (Å²) in [6.07, 6.45) is 1.96. The van der Waals surface area contributed by atoms with E-state index in [2.05, 4.69) is 49.7 Å². The van der Waals surface area contributed by atoms with E-state index < -0.39 is 0 Å². The molecular formula is C22H26N6O. The number of anilines is 1. The van der Waals surface area contributed by atoms with Crippen LogP contribution in [0, 0.1) is 5.92 Å². The van der Waals surface area contributed by atoms with Crippen molar-refractivity contribution >= 4 is 11.6 Å². The first-order valence-electron chi connectivity index (χ1n) is 10.00. The number of hydrogen-bond acceptors (Lipinski definition) is 5. The van der Waals surface area contributed by atoms with Crippen molar-refractivity contribution in [2.75, 3.05) is 18.4 Å². The highest BCUT2D eigenvalue weighted by atomic mass is 16.1. The molecule has 4 rings (SSSR count). The van der Waals surface area contributed by atoms with Gasteiger partial charge in [-0.05, 0) is 49.2 Å². The number of nitrogens with zero attached hydrogens (tertiary/aromatic N) is 3. The summed E-state index contributed by atoms with van der Waals surface area (Å²) in [5.41, 5.74) is 8.51. The number of nitrogens with two attached hydrogens (primary N) is 1. The van der Waals surface area contributed by atoms with Gasteiger partial charge >= 0.3 is 0 Å². The molecule has 150 valence electrons. The number of amides is 1. The number of piperidine rings is 1. The van der Waals surface area contributed by atoms with Crippen molar-refractivity contribution in [3.8, 4) is 11.4 Å². The Balaban J connectivity index is 1.34.